The number of rotatable bonds is 8. The molecule has 0 saturated heterocycles. The van der Waals surface area contributed by atoms with Crippen molar-refractivity contribution in [2.75, 3.05) is 0 Å². The minimum atomic E-state index is -0.675. The van der Waals surface area contributed by atoms with Crippen molar-refractivity contribution in [2.24, 2.45) is 5.92 Å². The summed E-state index contributed by atoms with van der Waals surface area (Å²) < 4.78 is 0. The Balaban J connectivity index is 1.94. The van der Waals surface area contributed by atoms with Crippen LogP contribution >= 0.6 is 0 Å². The lowest BCUT2D eigenvalue weighted by molar-refractivity contribution is -0.142. The van der Waals surface area contributed by atoms with Gasteiger partial charge in [-0.25, -0.2) is 0 Å². The summed E-state index contributed by atoms with van der Waals surface area (Å²) in [4.78, 5) is 16.1. The Bertz CT molecular complexity index is 1300. The third-order valence-electron chi connectivity index (χ3n) is 6.60. The number of benzene rings is 1. The van der Waals surface area contributed by atoms with E-state index in [9.17, 15) is 9.90 Å². The molecule has 1 aromatic carbocycles. The van der Waals surface area contributed by atoms with Gasteiger partial charge in [-0.05, 0) is 104 Å². The predicted molar refractivity (Wildman–Crippen MR) is 147 cm³/mol. The van der Waals surface area contributed by atoms with E-state index in [2.05, 4.69) is 73.7 Å². The van der Waals surface area contributed by atoms with Gasteiger partial charge in [0, 0.05) is 5.69 Å². The predicted octanol–water partition coefficient (Wildman–Crippen LogP) is 5.74. The molecule has 2 N–H and O–H groups in total. The molecule has 182 valence electrons. The standard InChI is InChI=1S/C31H36N2O2/c1-6-24(18-25-11-9-12-26(17-15-25)31(34)35)19-28-20-27(16-14-21(28)3)23(5)30(32-7-2)29-13-8-10-22(4)33-29/h6-8,10-11,13-14,16,19-20,26,32H,2-3,9,12,15,17-18H2,1,4-5H3,(H,34,35)/b24-6-,28-19-,30-23+. The highest BCUT2D eigenvalue weighted by Gasteiger charge is 2.19. The monoisotopic (exact) mass is 468 g/mol. The first kappa shape index (κ1) is 26.0. The smallest absolute Gasteiger partial charge is 0.306 e. The van der Waals surface area contributed by atoms with Crippen LogP contribution in [-0.4, -0.2) is 16.1 Å². The van der Waals surface area contributed by atoms with E-state index >= 15 is 0 Å². The lowest BCUT2D eigenvalue weighted by Crippen LogP contribution is -2.23. The average molecular weight is 469 g/mol. The number of pyridine rings is 1. The van der Waals surface area contributed by atoms with Crippen molar-refractivity contribution in [1.29, 1.82) is 0 Å². The lowest BCUT2D eigenvalue weighted by Gasteiger charge is -2.13. The molecule has 1 aliphatic carbocycles. The minimum absolute atomic E-state index is 0.235. The number of carboxylic acid groups (broad SMARTS) is 1. The van der Waals surface area contributed by atoms with Crippen LogP contribution in [0, 0.1) is 12.8 Å². The molecule has 0 amide bonds. The molecule has 0 fully saturated rings. The van der Waals surface area contributed by atoms with Crippen LogP contribution < -0.4 is 15.8 Å². The molecule has 1 atom stereocenters. The maximum atomic E-state index is 11.4. The van der Waals surface area contributed by atoms with E-state index in [1.165, 1.54) is 11.1 Å². The van der Waals surface area contributed by atoms with Crippen molar-refractivity contribution < 1.29 is 9.90 Å². The number of nitrogens with one attached hydrogen (secondary N) is 1. The zero-order chi connectivity index (χ0) is 25.4. The molecule has 4 heteroatoms. The number of aliphatic carboxylic acids is 1. The fourth-order valence-corrected chi connectivity index (χ4v) is 4.47. The van der Waals surface area contributed by atoms with Gasteiger partial charge >= 0.3 is 5.97 Å². The summed E-state index contributed by atoms with van der Waals surface area (Å²) in [6, 6.07) is 12.3. The summed E-state index contributed by atoms with van der Waals surface area (Å²) >= 11 is 0. The van der Waals surface area contributed by atoms with Gasteiger partial charge in [0.1, 0.15) is 0 Å². The Morgan fingerprint density at radius 1 is 1.26 bits per heavy atom. The van der Waals surface area contributed by atoms with Gasteiger partial charge in [-0.3, -0.25) is 9.78 Å². The number of hydrogen-bond donors (Lipinski definition) is 2. The van der Waals surface area contributed by atoms with Crippen molar-refractivity contribution >= 4 is 29.9 Å². The highest BCUT2D eigenvalue weighted by atomic mass is 16.4. The van der Waals surface area contributed by atoms with Crippen LogP contribution in [0.5, 0.6) is 0 Å². The van der Waals surface area contributed by atoms with Crippen LogP contribution in [0.3, 0.4) is 0 Å². The molecule has 35 heavy (non-hydrogen) atoms. The van der Waals surface area contributed by atoms with Gasteiger partial charge in [0.15, 0.2) is 0 Å². The van der Waals surface area contributed by atoms with E-state index in [-0.39, 0.29) is 5.92 Å². The Hall–Kier alpha value is -3.66. The number of nitrogens with zero attached hydrogens (tertiary/aromatic N) is 1. The fourth-order valence-electron chi connectivity index (χ4n) is 4.47. The summed E-state index contributed by atoms with van der Waals surface area (Å²) in [5.41, 5.74) is 7.45. The maximum Gasteiger partial charge on any atom is 0.306 e. The molecule has 4 nitrogen and oxygen atoms in total. The van der Waals surface area contributed by atoms with Gasteiger partial charge in [0.05, 0.1) is 17.3 Å². The molecule has 0 saturated carbocycles. The van der Waals surface area contributed by atoms with E-state index < -0.39 is 5.97 Å². The van der Waals surface area contributed by atoms with E-state index in [1.807, 2.05) is 25.1 Å². The maximum absolute atomic E-state index is 11.4. The quantitative estimate of drug-likeness (QED) is 0.485. The molecular weight excluding hydrogens is 432 g/mol. The fraction of sp³-hybridized carbons (Fsp3) is 0.290. The third kappa shape index (κ3) is 6.92. The number of aromatic nitrogens is 1. The number of hydrogen-bond acceptors (Lipinski definition) is 3. The second-order valence-corrected chi connectivity index (χ2v) is 9.12. The summed E-state index contributed by atoms with van der Waals surface area (Å²) in [7, 11) is 0. The normalized spacial score (nSPS) is 17.8. The van der Waals surface area contributed by atoms with Gasteiger partial charge < -0.3 is 10.4 Å². The van der Waals surface area contributed by atoms with Crippen LogP contribution in [0.1, 0.15) is 62.9 Å². The SMILES string of the molecule is C=CN/C(=C(\C)c1ccc(=C)/c(=C\C(=C/C)CC2=CCCC(C(=O)O)CC2)c1)c1cccc(C)n1. The first-order valence-electron chi connectivity index (χ1n) is 12.2. The molecule has 3 rings (SSSR count). The van der Waals surface area contributed by atoms with Crippen LogP contribution in [0.4, 0.5) is 0 Å². The Kier molecular flexibility index (Phi) is 9.02. The van der Waals surface area contributed by atoms with Gasteiger partial charge in [-0.1, -0.05) is 55.2 Å². The van der Waals surface area contributed by atoms with Gasteiger partial charge in [0.25, 0.3) is 0 Å². The third-order valence-corrected chi connectivity index (χ3v) is 6.60. The molecule has 0 spiro atoms. The van der Waals surface area contributed by atoms with Crippen LogP contribution in [0.25, 0.3) is 23.9 Å². The van der Waals surface area contributed by atoms with E-state index in [4.69, 9.17) is 0 Å². The second kappa shape index (κ2) is 12.2. The van der Waals surface area contributed by atoms with Crippen molar-refractivity contribution in [2.45, 2.75) is 52.9 Å². The number of allylic oxidation sites excluding steroid dienone is 5. The van der Waals surface area contributed by atoms with Crippen LogP contribution in [0.15, 0.2) is 72.5 Å². The van der Waals surface area contributed by atoms with Crippen LogP contribution in [0.2, 0.25) is 0 Å². The average Bonchev–Trinajstić information content (AvgIpc) is 3.08. The molecule has 1 heterocycles. The number of carbonyl (C=O) groups is 1. The summed E-state index contributed by atoms with van der Waals surface area (Å²) in [6.45, 7) is 14.2. The van der Waals surface area contributed by atoms with Crippen molar-refractivity contribution in [3.8, 4) is 0 Å². The van der Waals surface area contributed by atoms with Gasteiger partial charge in [0.2, 0.25) is 0 Å². The van der Waals surface area contributed by atoms with Gasteiger partial charge in [-0.2, -0.15) is 0 Å². The lowest BCUT2D eigenvalue weighted by atomic mass is 9.96. The highest BCUT2D eigenvalue weighted by Crippen LogP contribution is 2.27. The zero-order valence-electron chi connectivity index (χ0n) is 21.1. The number of carboxylic acids is 1. The van der Waals surface area contributed by atoms with E-state index in [0.717, 1.165) is 64.3 Å². The first-order chi connectivity index (χ1) is 16.8. The van der Waals surface area contributed by atoms with Crippen LogP contribution in [-0.2, 0) is 4.79 Å². The van der Waals surface area contributed by atoms with Crippen molar-refractivity contribution in [3.63, 3.8) is 0 Å². The summed E-state index contributed by atoms with van der Waals surface area (Å²) in [6.07, 6.45) is 12.2. The molecule has 1 aliphatic rings. The van der Waals surface area contributed by atoms with E-state index in [1.54, 1.807) is 6.20 Å². The number of aryl methyl sites for hydroxylation is 1. The van der Waals surface area contributed by atoms with Crippen molar-refractivity contribution in [1.82, 2.24) is 10.3 Å². The minimum Gasteiger partial charge on any atom is -0.481 e. The second-order valence-electron chi connectivity index (χ2n) is 9.12. The molecule has 2 aromatic rings. The molecule has 0 radical (unpaired) electrons. The Labute approximate surface area is 208 Å². The summed E-state index contributed by atoms with van der Waals surface area (Å²) in [5, 5.41) is 14.7. The van der Waals surface area contributed by atoms with Gasteiger partial charge in [-0.15, -0.1) is 0 Å². The first-order valence-corrected chi connectivity index (χ1v) is 12.2. The zero-order valence-corrected chi connectivity index (χ0v) is 21.1. The molecular formula is C31H36N2O2. The molecule has 0 aliphatic heterocycles. The Morgan fingerprint density at radius 2 is 2.06 bits per heavy atom. The largest absolute Gasteiger partial charge is 0.481 e. The Morgan fingerprint density at radius 3 is 2.74 bits per heavy atom. The highest BCUT2D eigenvalue weighted by molar-refractivity contribution is 5.88. The molecule has 1 unspecified atom stereocenters. The molecule has 0 bridgehead atoms. The summed E-state index contributed by atoms with van der Waals surface area (Å²) in [5.74, 6) is -0.911. The van der Waals surface area contributed by atoms with E-state index in [0.29, 0.717) is 6.42 Å². The topological polar surface area (TPSA) is 62.2 Å². The molecule has 1 aromatic heterocycles. The van der Waals surface area contributed by atoms with Crippen molar-refractivity contribution in [3.05, 3.63) is 99.9 Å².